The molecule has 1 N–H and O–H groups in total. The van der Waals surface area contributed by atoms with Crippen molar-refractivity contribution < 1.29 is 4.79 Å². The number of benzene rings is 1. The van der Waals surface area contributed by atoms with Gasteiger partial charge in [-0.3, -0.25) is 9.78 Å². The van der Waals surface area contributed by atoms with E-state index in [1.54, 1.807) is 17.4 Å². The summed E-state index contributed by atoms with van der Waals surface area (Å²) in [4.78, 5) is 19.2. The maximum Gasteiger partial charge on any atom is 0.272 e. The van der Waals surface area contributed by atoms with Gasteiger partial charge >= 0.3 is 0 Å². The number of hydrogen-bond donors (Lipinski definition) is 1. The molecule has 1 aromatic carbocycles. The quantitative estimate of drug-likeness (QED) is 0.583. The summed E-state index contributed by atoms with van der Waals surface area (Å²) in [5, 5.41) is 5.06. The van der Waals surface area contributed by atoms with E-state index in [0.717, 1.165) is 27.2 Å². The fraction of sp³-hybridized carbons (Fsp3) is 0.167. The average molecular weight is 323 g/mol. The number of amides is 1. The fourth-order valence-electron chi connectivity index (χ4n) is 2.37. The van der Waals surface area contributed by atoms with E-state index in [0.29, 0.717) is 5.56 Å². The van der Waals surface area contributed by atoms with Crippen LogP contribution >= 0.6 is 11.3 Å². The molecular weight excluding hydrogens is 306 g/mol. The third-order valence-corrected chi connectivity index (χ3v) is 4.62. The summed E-state index contributed by atoms with van der Waals surface area (Å²) < 4.78 is 0. The van der Waals surface area contributed by atoms with Gasteiger partial charge in [-0.05, 0) is 45.0 Å². The first-order valence-electron chi connectivity index (χ1n) is 7.32. The van der Waals surface area contributed by atoms with Crippen LogP contribution in [0.4, 0.5) is 0 Å². The van der Waals surface area contributed by atoms with Crippen LogP contribution < -0.4 is 5.43 Å². The number of rotatable bonds is 3. The van der Waals surface area contributed by atoms with Crippen molar-refractivity contribution in [1.29, 1.82) is 0 Å². The molecule has 0 aliphatic heterocycles. The molecule has 1 amide bonds. The van der Waals surface area contributed by atoms with Crippen molar-refractivity contribution in [3.63, 3.8) is 0 Å². The van der Waals surface area contributed by atoms with Crippen LogP contribution in [0.2, 0.25) is 0 Å². The maximum atomic E-state index is 12.5. The minimum absolute atomic E-state index is 0.223. The summed E-state index contributed by atoms with van der Waals surface area (Å²) >= 11 is 1.66. The summed E-state index contributed by atoms with van der Waals surface area (Å²) in [6, 6.07) is 13.5. The number of hydrogen-bond acceptors (Lipinski definition) is 4. The highest BCUT2D eigenvalue weighted by Gasteiger charge is 2.11. The summed E-state index contributed by atoms with van der Waals surface area (Å²) in [5.74, 6) is -0.223. The minimum Gasteiger partial charge on any atom is -0.267 e. The van der Waals surface area contributed by atoms with E-state index in [9.17, 15) is 4.79 Å². The Kier molecular flexibility index (Phi) is 4.21. The molecule has 4 nitrogen and oxygen atoms in total. The van der Waals surface area contributed by atoms with Crippen LogP contribution in [0.5, 0.6) is 0 Å². The summed E-state index contributed by atoms with van der Waals surface area (Å²) in [6.07, 6.45) is 0. The second kappa shape index (κ2) is 6.30. The van der Waals surface area contributed by atoms with E-state index in [1.807, 2.05) is 57.2 Å². The van der Waals surface area contributed by atoms with Gasteiger partial charge < -0.3 is 0 Å². The Bertz CT molecular complexity index is 912. The SMILES string of the molecule is C/C(=N\NC(=O)c1cc(C)nc2ccccc12)c1ccc(C)s1. The van der Waals surface area contributed by atoms with Crippen LogP contribution in [-0.4, -0.2) is 16.6 Å². The maximum absolute atomic E-state index is 12.5. The highest BCUT2D eigenvalue weighted by Crippen LogP contribution is 2.18. The lowest BCUT2D eigenvalue weighted by molar-refractivity contribution is 0.0956. The predicted octanol–water partition coefficient (Wildman–Crippen LogP) is 4.07. The van der Waals surface area contributed by atoms with Gasteiger partial charge in [0.1, 0.15) is 0 Å². The van der Waals surface area contributed by atoms with Gasteiger partial charge in [0.05, 0.1) is 21.7 Å². The van der Waals surface area contributed by atoms with E-state index >= 15 is 0 Å². The third-order valence-electron chi connectivity index (χ3n) is 3.51. The molecule has 0 atom stereocenters. The normalized spacial score (nSPS) is 11.7. The van der Waals surface area contributed by atoms with Crippen molar-refractivity contribution in [1.82, 2.24) is 10.4 Å². The van der Waals surface area contributed by atoms with Crippen LogP contribution in [0.1, 0.15) is 32.7 Å². The highest BCUT2D eigenvalue weighted by atomic mass is 32.1. The number of aromatic nitrogens is 1. The molecule has 0 spiro atoms. The van der Waals surface area contributed by atoms with Crippen LogP contribution in [0, 0.1) is 13.8 Å². The number of aryl methyl sites for hydroxylation is 2. The zero-order valence-electron chi connectivity index (χ0n) is 13.3. The Morgan fingerprint density at radius 3 is 2.70 bits per heavy atom. The van der Waals surface area contributed by atoms with Gasteiger partial charge in [0.2, 0.25) is 0 Å². The molecular formula is C18H17N3OS. The largest absolute Gasteiger partial charge is 0.272 e. The second-order valence-electron chi connectivity index (χ2n) is 5.38. The Balaban J connectivity index is 1.89. The molecule has 23 heavy (non-hydrogen) atoms. The first-order chi connectivity index (χ1) is 11.0. The van der Waals surface area contributed by atoms with Crippen LogP contribution in [0.3, 0.4) is 0 Å². The first kappa shape index (κ1) is 15.4. The summed E-state index contributed by atoms with van der Waals surface area (Å²) in [6.45, 7) is 5.82. The van der Waals surface area contributed by atoms with Crippen molar-refractivity contribution in [2.75, 3.05) is 0 Å². The average Bonchev–Trinajstić information content (AvgIpc) is 2.98. The molecule has 0 radical (unpaired) electrons. The van der Waals surface area contributed by atoms with Crippen molar-refractivity contribution in [3.05, 3.63) is 63.5 Å². The number of nitrogens with one attached hydrogen (secondary N) is 1. The first-order valence-corrected chi connectivity index (χ1v) is 8.14. The van der Waals surface area contributed by atoms with Crippen LogP contribution in [0.15, 0.2) is 47.6 Å². The number of thiophene rings is 1. The number of nitrogens with zero attached hydrogens (tertiary/aromatic N) is 2. The molecule has 2 aromatic heterocycles. The van der Waals surface area contributed by atoms with Gasteiger partial charge in [-0.15, -0.1) is 11.3 Å². The lowest BCUT2D eigenvalue weighted by atomic mass is 10.1. The van der Waals surface area contributed by atoms with Crippen molar-refractivity contribution in [2.24, 2.45) is 5.10 Å². The minimum atomic E-state index is -0.223. The predicted molar refractivity (Wildman–Crippen MR) is 95.2 cm³/mol. The van der Waals surface area contributed by atoms with E-state index in [2.05, 4.69) is 15.5 Å². The molecule has 0 aliphatic carbocycles. The molecule has 3 rings (SSSR count). The molecule has 3 aromatic rings. The number of fused-ring (bicyclic) bond motifs is 1. The van der Waals surface area contributed by atoms with Crippen LogP contribution in [0.25, 0.3) is 10.9 Å². The van der Waals surface area contributed by atoms with Gasteiger partial charge in [0.15, 0.2) is 0 Å². The molecule has 0 bridgehead atoms. The van der Waals surface area contributed by atoms with Crippen molar-refractivity contribution in [2.45, 2.75) is 20.8 Å². The number of hydrazone groups is 1. The van der Waals surface area contributed by atoms with E-state index in [4.69, 9.17) is 0 Å². The molecule has 116 valence electrons. The number of carbonyl (C=O) groups excluding carboxylic acids is 1. The van der Waals surface area contributed by atoms with Gasteiger partial charge in [-0.1, -0.05) is 18.2 Å². The van der Waals surface area contributed by atoms with Crippen molar-refractivity contribution in [3.8, 4) is 0 Å². The van der Waals surface area contributed by atoms with Gasteiger partial charge in [-0.2, -0.15) is 5.10 Å². The third kappa shape index (κ3) is 3.29. The molecule has 0 unspecified atom stereocenters. The van der Waals surface area contributed by atoms with Crippen molar-refractivity contribution >= 4 is 33.9 Å². The van der Waals surface area contributed by atoms with Gasteiger partial charge in [-0.25, -0.2) is 5.43 Å². The molecule has 2 heterocycles. The van der Waals surface area contributed by atoms with E-state index in [-0.39, 0.29) is 5.91 Å². The van der Waals surface area contributed by atoms with Crippen LogP contribution in [-0.2, 0) is 0 Å². The Morgan fingerprint density at radius 1 is 1.17 bits per heavy atom. The Morgan fingerprint density at radius 2 is 1.96 bits per heavy atom. The molecule has 0 aliphatic rings. The Hall–Kier alpha value is -2.53. The van der Waals surface area contributed by atoms with E-state index < -0.39 is 0 Å². The molecule has 0 fully saturated rings. The number of pyridine rings is 1. The molecule has 0 saturated heterocycles. The number of para-hydroxylation sites is 1. The topological polar surface area (TPSA) is 54.4 Å². The zero-order chi connectivity index (χ0) is 16.4. The second-order valence-corrected chi connectivity index (χ2v) is 6.66. The smallest absolute Gasteiger partial charge is 0.267 e. The van der Waals surface area contributed by atoms with Gasteiger partial charge in [0, 0.05) is 16.0 Å². The monoisotopic (exact) mass is 323 g/mol. The molecule has 5 heteroatoms. The fourth-order valence-corrected chi connectivity index (χ4v) is 3.19. The lowest BCUT2D eigenvalue weighted by Crippen LogP contribution is -2.19. The number of carbonyl (C=O) groups is 1. The lowest BCUT2D eigenvalue weighted by Gasteiger charge is -2.07. The van der Waals surface area contributed by atoms with E-state index in [1.165, 1.54) is 4.88 Å². The van der Waals surface area contributed by atoms with Gasteiger partial charge in [0.25, 0.3) is 5.91 Å². The Labute approximate surface area is 138 Å². The molecule has 0 saturated carbocycles. The zero-order valence-corrected chi connectivity index (χ0v) is 14.1. The highest BCUT2D eigenvalue weighted by molar-refractivity contribution is 7.14. The summed E-state index contributed by atoms with van der Waals surface area (Å²) in [7, 11) is 0. The standard InChI is InChI=1S/C18H17N3OS/c1-11-10-15(14-6-4-5-7-16(14)19-11)18(22)21-20-13(3)17-9-8-12(2)23-17/h4-10H,1-3H3,(H,21,22)/b20-13+. The summed E-state index contributed by atoms with van der Waals surface area (Å²) in [5.41, 5.74) is 5.66.